The van der Waals surface area contributed by atoms with Crippen LogP contribution >= 0.6 is 48.0 Å². The molecule has 0 saturated heterocycles. The van der Waals surface area contributed by atoms with Crippen molar-refractivity contribution >= 4 is 48.0 Å². The number of halogens is 2. The van der Waals surface area contributed by atoms with Crippen molar-refractivity contribution in [3.63, 3.8) is 0 Å². The molecule has 1 aromatic heterocycles. The molecule has 92 valence electrons. The van der Waals surface area contributed by atoms with Crippen molar-refractivity contribution in [2.45, 2.75) is 18.9 Å². The van der Waals surface area contributed by atoms with Crippen LogP contribution in [0.15, 0.2) is 36.7 Å². The van der Waals surface area contributed by atoms with Gasteiger partial charge in [-0.25, -0.2) is 4.98 Å². The van der Waals surface area contributed by atoms with E-state index < -0.39 is 0 Å². The fourth-order valence-corrected chi connectivity index (χ4v) is 2.19. The number of hydrogen-bond acceptors (Lipinski definition) is 2. The van der Waals surface area contributed by atoms with Crippen LogP contribution in [-0.2, 0) is 6.42 Å². The molecule has 0 fully saturated rings. The van der Waals surface area contributed by atoms with Crippen LogP contribution in [0, 0.1) is 0 Å². The summed E-state index contributed by atoms with van der Waals surface area (Å²) < 4.78 is 2.10. The van der Waals surface area contributed by atoms with Crippen molar-refractivity contribution in [2.24, 2.45) is 5.73 Å². The molecule has 5 heteroatoms. The Morgan fingerprint density at radius 1 is 1.24 bits per heavy atom. The molecule has 1 atom stereocenters. The second kappa shape index (κ2) is 6.14. The molecule has 0 radical (unpaired) electrons. The number of aromatic nitrogens is 2. The molecular weight excluding hydrogens is 440 g/mol. The maximum absolute atomic E-state index is 6.09. The van der Waals surface area contributed by atoms with Gasteiger partial charge in [-0.05, 0) is 24.5 Å². The van der Waals surface area contributed by atoms with E-state index >= 15 is 0 Å². The van der Waals surface area contributed by atoms with E-state index in [1.54, 1.807) is 0 Å². The molecule has 3 rings (SSSR count). The maximum atomic E-state index is 6.09. The monoisotopic (exact) mass is 455 g/mol. The average Bonchev–Trinajstić information content (AvgIpc) is 2.71. The molecule has 17 heavy (non-hydrogen) atoms. The van der Waals surface area contributed by atoms with Crippen LogP contribution < -0.4 is 5.73 Å². The Labute approximate surface area is 135 Å². The van der Waals surface area contributed by atoms with E-state index in [9.17, 15) is 0 Å². The third kappa shape index (κ3) is 2.65. The lowest BCUT2D eigenvalue weighted by Crippen LogP contribution is -2.13. The Bertz CT molecular complexity index is 496. The smallest absolute Gasteiger partial charge is 0.130 e. The predicted octanol–water partition coefficient (Wildman–Crippen LogP) is 3.05. The second-order valence-electron chi connectivity index (χ2n) is 3.93. The van der Waals surface area contributed by atoms with E-state index in [0.717, 1.165) is 18.7 Å². The summed E-state index contributed by atoms with van der Waals surface area (Å²) in [6.07, 6.45) is 5.80. The highest BCUT2D eigenvalue weighted by atomic mass is 127. The van der Waals surface area contributed by atoms with Gasteiger partial charge in [0.25, 0.3) is 0 Å². The molecule has 1 aromatic carbocycles. The van der Waals surface area contributed by atoms with Crippen molar-refractivity contribution in [3.05, 3.63) is 48.0 Å². The van der Waals surface area contributed by atoms with E-state index in [2.05, 4.69) is 33.8 Å². The van der Waals surface area contributed by atoms with Gasteiger partial charge in [0.2, 0.25) is 0 Å². The lowest BCUT2D eigenvalue weighted by molar-refractivity contribution is 0.621. The summed E-state index contributed by atoms with van der Waals surface area (Å²) in [7, 11) is 0. The van der Waals surface area contributed by atoms with Crippen LogP contribution in [0.4, 0.5) is 0 Å². The van der Waals surface area contributed by atoms with Crippen LogP contribution in [0.25, 0.3) is 5.69 Å². The Morgan fingerprint density at radius 3 is 2.82 bits per heavy atom. The van der Waals surface area contributed by atoms with E-state index in [0.29, 0.717) is 0 Å². The number of rotatable bonds is 0. The van der Waals surface area contributed by atoms with Crippen molar-refractivity contribution < 1.29 is 0 Å². The fraction of sp³-hybridized carbons (Fsp3) is 0.250. The maximum Gasteiger partial charge on any atom is 0.130 e. The largest absolute Gasteiger partial charge is 0.321 e. The van der Waals surface area contributed by atoms with Crippen molar-refractivity contribution in [1.29, 1.82) is 0 Å². The number of para-hydroxylation sites is 1. The minimum absolute atomic E-state index is 0. The molecule has 0 spiro atoms. The standard InChI is InChI=1S/C12H13N3.2HI/c13-10-6-5-9-3-1-2-4-11(9)15-8-7-14-12(10)15;;/h1-4,7-8,10H,5-6,13H2;2*1H/t10-;;/m1../s1. The molecule has 0 amide bonds. The second-order valence-corrected chi connectivity index (χ2v) is 3.93. The Balaban J connectivity index is 0.000000722. The summed E-state index contributed by atoms with van der Waals surface area (Å²) >= 11 is 0. The zero-order chi connectivity index (χ0) is 10.3. The molecule has 0 unspecified atom stereocenters. The molecule has 1 aliphatic heterocycles. The normalized spacial score (nSPS) is 16.9. The van der Waals surface area contributed by atoms with E-state index in [1.807, 2.05) is 12.4 Å². The summed E-state index contributed by atoms with van der Waals surface area (Å²) in [5.74, 6) is 0.972. The van der Waals surface area contributed by atoms with Crippen molar-refractivity contribution in [3.8, 4) is 5.69 Å². The number of aryl methyl sites for hydroxylation is 1. The van der Waals surface area contributed by atoms with Crippen LogP contribution in [-0.4, -0.2) is 9.55 Å². The molecule has 0 bridgehead atoms. The summed E-state index contributed by atoms with van der Waals surface area (Å²) in [6, 6.07) is 8.47. The first-order valence-electron chi connectivity index (χ1n) is 5.23. The number of nitrogens with zero attached hydrogens (tertiary/aromatic N) is 2. The molecule has 0 saturated carbocycles. The average molecular weight is 455 g/mol. The Morgan fingerprint density at radius 2 is 2.00 bits per heavy atom. The van der Waals surface area contributed by atoms with Gasteiger partial charge >= 0.3 is 0 Å². The molecule has 2 N–H and O–H groups in total. The number of imidazole rings is 1. The number of fused-ring (bicyclic) bond motifs is 3. The zero-order valence-corrected chi connectivity index (χ0v) is 13.9. The summed E-state index contributed by atoms with van der Waals surface area (Å²) in [5.41, 5.74) is 8.66. The number of hydrogen-bond donors (Lipinski definition) is 1. The predicted molar refractivity (Wildman–Crippen MR) is 89.6 cm³/mol. The number of benzene rings is 1. The summed E-state index contributed by atoms with van der Waals surface area (Å²) in [4.78, 5) is 4.33. The van der Waals surface area contributed by atoms with Gasteiger partial charge in [0.1, 0.15) is 5.82 Å². The van der Waals surface area contributed by atoms with Crippen LogP contribution in [0.3, 0.4) is 0 Å². The summed E-state index contributed by atoms with van der Waals surface area (Å²) in [5, 5.41) is 0. The van der Waals surface area contributed by atoms with E-state index in [-0.39, 0.29) is 54.0 Å². The van der Waals surface area contributed by atoms with Crippen molar-refractivity contribution in [1.82, 2.24) is 9.55 Å². The Hall–Kier alpha value is -0.150. The lowest BCUT2D eigenvalue weighted by Gasteiger charge is -2.09. The fourth-order valence-electron chi connectivity index (χ4n) is 2.19. The van der Waals surface area contributed by atoms with Crippen molar-refractivity contribution in [2.75, 3.05) is 0 Å². The Kier molecular flexibility index (Phi) is 5.39. The molecule has 1 aliphatic rings. The van der Waals surface area contributed by atoms with Gasteiger partial charge < -0.3 is 10.3 Å². The van der Waals surface area contributed by atoms with Gasteiger partial charge in [-0.15, -0.1) is 48.0 Å². The number of nitrogens with two attached hydrogens (primary N) is 1. The SMILES string of the molecule is I.I.N[C@@H]1CCc2ccccc2-n2ccnc21. The third-order valence-corrected chi connectivity index (χ3v) is 2.98. The van der Waals surface area contributed by atoms with Crippen LogP contribution in [0.2, 0.25) is 0 Å². The lowest BCUT2D eigenvalue weighted by atomic mass is 10.1. The minimum Gasteiger partial charge on any atom is -0.321 e. The first kappa shape index (κ1) is 14.9. The first-order valence-corrected chi connectivity index (χ1v) is 5.23. The summed E-state index contributed by atoms with van der Waals surface area (Å²) in [6.45, 7) is 0. The molecular formula is C12H15I2N3. The van der Waals surface area contributed by atoms with Gasteiger partial charge in [-0.2, -0.15) is 0 Å². The van der Waals surface area contributed by atoms with Crippen LogP contribution in [0.1, 0.15) is 23.9 Å². The molecule has 3 nitrogen and oxygen atoms in total. The quantitative estimate of drug-likeness (QED) is 0.622. The highest BCUT2D eigenvalue weighted by Gasteiger charge is 2.19. The highest BCUT2D eigenvalue weighted by Crippen LogP contribution is 2.26. The topological polar surface area (TPSA) is 43.8 Å². The van der Waals surface area contributed by atoms with Gasteiger partial charge in [0.05, 0.1) is 6.04 Å². The van der Waals surface area contributed by atoms with Crippen LogP contribution in [0.5, 0.6) is 0 Å². The zero-order valence-electron chi connectivity index (χ0n) is 9.24. The van der Waals surface area contributed by atoms with Gasteiger partial charge in [-0.1, -0.05) is 18.2 Å². The van der Waals surface area contributed by atoms with E-state index in [1.165, 1.54) is 11.3 Å². The van der Waals surface area contributed by atoms with E-state index in [4.69, 9.17) is 5.73 Å². The molecule has 0 aliphatic carbocycles. The van der Waals surface area contributed by atoms with Gasteiger partial charge in [0, 0.05) is 18.1 Å². The minimum atomic E-state index is 0. The van der Waals surface area contributed by atoms with Gasteiger partial charge in [0.15, 0.2) is 0 Å². The molecule has 2 aromatic rings. The molecule has 2 heterocycles. The first-order chi connectivity index (χ1) is 7.36. The highest BCUT2D eigenvalue weighted by molar-refractivity contribution is 14.0. The van der Waals surface area contributed by atoms with Gasteiger partial charge in [-0.3, -0.25) is 0 Å². The third-order valence-electron chi connectivity index (χ3n) is 2.98.